The number of nitrogens with one attached hydrogen (secondary N) is 1. The van der Waals surface area contributed by atoms with Crippen LogP contribution in [0.3, 0.4) is 0 Å². The molecule has 1 atom stereocenters. The van der Waals surface area contributed by atoms with E-state index in [0.29, 0.717) is 39.6 Å². The SMILES string of the molecule is Cc1cc(=O)n2c(n1)SCC2CC(=O)NCc1cc(-c2ccc3c(c2)OCO3)on1. The molecule has 2 aromatic heterocycles. The van der Waals surface area contributed by atoms with Gasteiger partial charge in [-0.05, 0) is 25.1 Å². The molecule has 154 valence electrons. The lowest BCUT2D eigenvalue weighted by atomic mass is 10.1. The van der Waals surface area contributed by atoms with Gasteiger partial charge in [-0.2, -0.15) is 0 Å². The van der Waals surface area contributed by atoms with Crippen LogP contribution in [0.25, 0.3) is 11.3 Å². The quantitative estimate of drug-likeness (QED) is 0.619. The Bertz CT molecular complexity index is 1190. The summed E-state index contributed by atoms with van der Waals surface area (Å²) in [6, 6.07) is 8.57. The van der Waals surface area contributed by atoms with Crippen LogP contribution < -0.4 is 20.3 Å². The van der Waals surface area contributed by atoms with E-state index in [1.54, 1.807) is 17.6 Å². The Morgan fingerprint density at radius 1 is 1.27 bits per heavy atom. The molecule has 4 heterocycles. The van der Waals surface area contributed by atoms with Gasteiger partial charge in [0.1, 0.15) is 5.69 Å². The Balaban J connectivity index is 1.21. The van der Waals surface area contributed by atoms with Gasteiger partial charge in [-0.1, -0.05) is 16.9 Å². The zero-order valence-electron chi connectivity index (χ0n) is 16.1. The Morgan fingerprint density at radius 3 is 3.03 bits per heavy atom. The first kappa shape index (κ1) is 18.7. The number of benzene rings is 1. The van der Waals surface area contributed by atoms with E-state index in [-0.39, 0.29) is 37.3 Å². The second-order valence-electron chi connectivity index (χ2n) is 7.08. The molecule has 0 saturated heterocycles. The fraction of sp³-hybridized carbons (Fsp3) is 0.300. The molecular weight excluding hydrogens is 408 g/mol. The van der Waals surface area contributed by atoms with Crippen LogP contribution in [0.15, 0.2) is 44.8 Å². The van der Waals surface area contributed by atoms with Crippen molar-refractivity contribution in [1.82, 2.24) is 20.0 Å². The molecule has 2 aliphatic heterocycles. The first-order chi connectivity index (χ1) is 14.6. The summed E-state index contributed by atoms with van der Waals surface area (Å²) < 4.78 is 17.7. The van der Waals surface area contributed by atoms with Crippen LogP contribution in [0.2, 0.25) is 0 Å². The third kappa shape index (κ3) is 3.54. The number of rotatable bonds is 5. The lowest BCUT2D eigenvalue weighted by Gasteiger charge is -2.12. The number of carbonyl (C=O) groups is 1. The van der Waals surface area contributed by atoms with E-state index < -0.39 is 0 Å². The van der Waals surface area contributed by atoms with Crippen molar-refractivity contribution in [3.63, 3.8) is 0 Å². The van der Waals surface area contributed by atoms with Gasteiger partial charge in [0.05, 0.1) is 12.6 Å². The summed E-state index contributed by atoms with van der Waals surface area (Å²) in [5.41, 5.74) is 1.98. The second-order valence-corrected chi connectivity index (χ2v) is 8.07. The maximum Gasteiger partial charge on any atom is 0.254 e. The molecular formula is C20H18N4O5S. The molecule has 3 aromatic rings. The predicted octanol–water partition coefficient (Wildman–Crippen LogP) is 2.29. The topological polar surface area (TPSA) is 108 Å². The highest BCUT2D eigenvalue weighted by molar-refractivity contribution is 7.99. The van der Waals surface area contributed by atoms with Crippen molar-refractivity contribution < 1.29 is 18.8 Å². The van der Waals surface area contributed by atoms with Crippen molar-refractivity contribution >= 4 is 17.7 Å². The van der Waals surface area contributed by atoms with E-state index in [2.05, 4.69) is 15.5 Å². The number of nitrogens with zero attached hydrogens (tertiary/aromatic N) is 3. The van der Waals surface area contributed by atoms with Gasteiger partial charge >= 0.3 is 0 Å². The molecule has 1 N–H and O–H groups in total. The Hall–Kier alpha value is -3.27. The Kier molecular flexibility index (Phi) is 4.70. The molecule has 1 aromatic carbocycles. The maximum absolute atomic E-state index is 12.4. The number of hydrogen-bond donors (Lipinski definition) is 1. The summed E-state index contributed by atoms with van der Waals surface area (Å²) >= 11 is 1.50. The Labute approximate surface area is 175 Å². The zero-order chi connectivity index (χ0) is 20.7. The minimum absolute atomic E-state index is 0.120. The fourth-order valence-electron chi connectivity index (χ4n) is 3.47. The number of amides is 1. The Morgan fingerprint density at radius 2 is 2.13 bits per heavy atom. The first-order valence-corrected chi connectivity index (χ1v) is 10.4. The number of fused-ring (bicyclic) bond motifs is 2. The number of thioether (sulfide) groups is 1. The molecule has 30 heavy (non-hydrogen) atoms. The zero-order valence-corrected chi connectivity index (χ0v) is 16.9. The van der Waals surface area contributed by atoms with E-state index >= 15 is 0 Å². The van der Waals surface area contributed by atoms with E-state index in [9.17, 15) is 9.59 Å². The third-order valence-electron chi connectivity index (χ3n) is 4.92. The van der Waals surface area contributed by atoms with Gasteiger partial charge in [0.2, 0.25) is 12.7 Å². The molecule has 10 heteroatoms. The number of aromatic nitrogens is 3. The molecule has 0 fully saturated rings. The van der Waals surface area contributed by atoms with Crippen LogP contribution in [0.4, 0.5) is 0 Å². The molecule has 0 radical (unpaired) electrons. The van der Waals surface area contributed by atoms with Crippen LogP contribution >= 0.6 is 11.8 Å². The molecule has 5 rings (SSSR count). The van der Waals surface area contributed by atoms with Gasteiger partial charge in [0, 0.05) is 35.6 Å². The minimum atomic E-state index is -0.202. The van der Waals surface area contributed by atoms with Crippen LogP contribution in [0, 0.1) is 6.92 Å². The monoisotopic (exact) mass is 426 g/mol. The van der Waals surface area contributed by atoms with Gasteiger partial charge in [0.15, 0.2) is 22.4 Å². The predicted molar refractivity (Wildman–Crippen MR) is 108 cm³/mol. The van der Waals surface area contributed by atoms with E-state index in [0.717, 1.165) is 5.56 Å². The van der Waals surface area contributed by atoms with E-state index in [4.69, 9.17) is 14.0 Å². The third-order valence-corrected chi connectivity index (χ3v) is 6.02. The largest absolute Gasteiger partial charge is 0.454 e. The molecule has 2 aliphatic rings. The highest BCUT2D eigenvalue weighted by atomic mass is 32.2. The summed E-state index contributed by atoms with van der Waals surface area (Å²) in [6.45, 7) is 2.23. The molecule has 0 aliphatic carbocycles. The highest BCUT2D eigenvalue weighted by Gasteiger charge is 2.27. The van der Waals surface area contributed by atoms with Crippen LogP contribution in [-0.2, 0) is 11.3 Å². The van der Waals surface area contributed by atoms with Gasteiger partial charge in [0.25, 0.3) is 5.56 Å². The molecule has 1 amide bonds. The van der Waals surface area contributed by atoms with E-state index in [1.165, 1.54) is 17.8 Å². The summed E-state index contributed by atoms with van der Waals surface area (Å²) in [4.78, 5) is 29.0. The standard InChI is InChI=1S/C20H18N4O5S/c1-11-4-19(26)24-14(9-30-20(24)22-11)7-18(25)21-8-13-6-16(29-23-13)12-2-3-15-17(5-12)28-10-27-15/h2-6,14H,7-10H2,1H3,(H,21,25). The maximum atomic E-state index is 12.4. The average Bonchev–Trinajstić information content (AvgIpc) is 3.45. The summed E-state index contributed by atoms with van der Waals surface area (Å²) in [5, 5.41) is 7.53. The lowest BCUT2D eigenvalue weighted by Crippen LogP contribution is -2.30. The van der Waals surface area contributed by atoms with Gasteiger partial charge in [-0.15, -0.1) is 0 Å². The normalized spacial score (nSPS) is 16.5. The molecule has 0 saturated carbocycles. The molecule has 0 bridgehead atoms. The van der Waals surface area contributed by atoms with Crippen molar-refractivity contribution in [2.75, 3.05) is 12.5 Å². The summed E-state index contributed by atoms with van der Waals surface area (Å²) in [7, 11) is 0. The minimum Gasteiger partial charge on any atom is -0.454 e. The number of carbonyl (C=O) groups excluding carboxylic acids is 1. The summed E-state index contributed by atoms with van der Waals surface area (Å²) in [5.74, 6) is 2.42. The van der Waals surface area contributed by atoms with Crippen molar-refractivity contribution in [3.05, 3.63) is 52.1 Å². The number of hydrogen-bond acceptors (Lipinski definition) is 8. The highest BCUT2D eigenvalue weighted by Crippen LogP contribution is 2.36. The molecule has 1 unspecified atom stereocenters. The summed E-state index contributed by atoms with van der Waals surface area (Å²) in [6.07, 6.45) is 0.206. The molecule has 0 spiro atoms. The number of ether oxygens (including phenoxy) is 2. The van der Waals surface area contributed by atoms with Crippen molar-refractivity contribution in [1.29, 1.82) is 0 Å². The van der Waals surface area contributed by atoms with Gasteiger partial charge in [-0.3, -0.25) is 14.2 Å². The number of aryl methyl sites for hydroxylation is 1. The van der Waals surface area contributed by atoms with Gasteiger partial charge < -0.3 is 19.3 Å². The second kappa shape index (κ2) is 7.52. The average molecular weight is 426 g/mol. The lowest BCUT2D eigenvalue weighted by molar-refractivity contribution is -0.121. The van der Waals surface area contributed by atoms with Crippen molar-refractivity contribution in [2.45, 2.75) is 31.1 Å². The van der Waals surface area contributed by atoms with Crippen molar-refractivity contribution in [3.8, 4) is 22.8 Å². The van der Waals surface area contributed by atoms with Crippen LogP contribution in [0.5, 0.6) is 11.5 Å². The van der Waals surface area contributed by atoms with Crippen LogP contribution in [0.1, 0.15) is 23.9 Å². The van der Waals surface area contributed by atoms with Crippen LogP contribution in [-0.4, -0.2) is 33.2 Å². The van der Waals surface area contributed by atoms with Gasteiger partial charge in [-0.25, -0.2) is 4.98 Å². The smallest absolute Gasteiger partial charge is 0.254 e. The first-order valence-electron chi connectivity index (χ1n) is 9.42. The van der Waals surface area contributed by atoms with Crippen molar-refractivity contribution in [2.24, 2.45) is 0 Å². The molecule has 9 nitrogen and oxygen atoms in total. The fourth-order valence-corrected chi connectivity index (χ4v) is 4.66. The van der Waals surface area contributed by atoms with E-state index in [1.807, 2.05) is 18.2 Å².